The molecule has 5 nitrogen and oxygen atoms in total. The van der Waals surface area contributed by atoms with Gasteiger partial charge in [0.05, 0.1) is 32.0 Å². The Balaban J connectivity index is 1.82. The third-order valence-corrected chi connectivity index (χ3v) is 7.05. The van der Waals surface area contributed by atoms with Crippen LogP contribution < -0.4 is 4.74 Å². The maximum Gasteiger partial charge on any atom is 0.159 e. The topological polar surface area (TPSA) is 43.7 Å². The molecule has 156 valence electrons. The van der Waals surface area contributed by atoms with E-state index in [4.69, 9.17) is 9.47 Å². The first-order valence-electron chi connectivity index (χ1n) is 10.6. The van der Waals surface area contributed by atoms with Crippen LogP contribution in [0.3, 0.4) is 0 Å². The van der Waals surface area contributed by atoms with E-state index < -0.39 is 0 Å². The van der Waals surface area contributed by atoms with Crippen molar-refractivity contribution in [3.8, 4) is 5.75 Å². The van der Waals surface area contributed by atoms with Crippen LogP contribution in [0.4, 0.5) is 0 Å². The molecule has 3 atom stereocenters. The van der Waals surface area contributed by atoms with E-state index in [9.17, 15) is 4.79 Å². The molecular weight excluding hydrogens is 364 g/mol. The summed E-state index contributed by atoms with van der Waals surface area (Å²) in [7, 11) is 5.55. The normalized spacial score (nSPS) is 24.9. The van der Waals surface area contributed by atoms with Crippen molar-refractivity contribution in [3.63, 3.8) is 0 Å². The van der Waals surface area contributed by atoms with Crippen LogP contribution in [0.2, 0.25) is 0 Å². The first-order valence-corrected chi connectivity index (χ1v) is 10.6. The van der Waals surface area contributed by atoms with Gasteiger partial charge in [-0.3, -0.25) is 9.69 Å². The summed E-state index contributed by atoms with van der Waals surface area (Å²) in [6, 6.07) is 6.62. The molecule has 2 aliphatic heterocycles. The number of nitrogens with zero attached hydrogens (tertiary/aromatic N) is 2. The van der Waals surface area contributed by atoms with Gasteiger partial charge < -0.3 is 14.0 Å². The van der Waals surface area contributed by atoms with Gasteiger partial charge in [-0.15, -0.1) is 0 Å². The van der Waals surface area contributed by atoms with E-state index in [1.54, 1.807) is 27.4 Å². The second-order valence-electron chi connectivity index (χ2n) is 8.41. The number of aromatic nitrogens is 1. The highest BCUT2D eigenvalue weighted by atomic mass is 16.5. The molecule has 1 saturated heterocycles. The molecule has 0 bridgehead atoms. The first-order chi connectivity index (χ1) is 14.0. The first kappa shape index (κ1) is 20.0. The Kier molecular flexibility index (Phi) is 5.43. The van der Waals surface area contributed by atoms with E-state index in [1.165, 1.54) is 22.2 Å². The molecule has 4 rings (SSSR count). The van der Waals surface area contributed by atoms with Crippen molar-refractivity contribution >= 4 is 16.7 Å². The van der Waals surface area contributed by atoms with Gasteiger partial charge in [0.15, 0.2) is 5.78 Å². The number of methoxy groups -OCH3 is 2. The Morgan fingerprint density at radius 2 is 2.10 bits per heavy atom. The number of hydrogen-bond acceptors (Lipinski definition) is 4. The van der Waals surface area contributed by atoms with Crippen LogP contribution in [0.25, 0.3) is 10.9 Å². The summed E-state index contributed by atoms with van der Waals surface area (Å²) in [5, 5.41) is 1.25. The number of aryl methyl sites for hydroxylation is 1. The minimum atomic E-state index is 0.124. The minimum absolute atomic E-state index is 0.124. The molecule has 0 unspecified atom stereocenters. The van der Waals surface area contributed by atoms with E-state index in [-0.39, 0.29) is 11.7 Å². The number of carbonyl (C=O) groups excluding carboxylic acids is 1. The molecule has 1 fully saturated rings. The fourth-order valence-electron chi connectivity index (χ4n) is 5.69. The van der Waals surface area contributed by atoms with Crippen LogP contribution in [0.15, 0.2) is 30.0 Å². The maximum atomic E-state index is 12.4. The molecule has 2 aromatic rings. The van der Waals surface area contributed by atoms with E-state index in [0.717, 1.165) is 43.7 Å². The van der Waals surface area contributed by atoms with Gasteiger partial charge in [0, 0.05) is 36.8 Å². The predicted molar refractivity (Wildman–Crippen MR) is 115 cm³/mol. The van der Waals surface area contributed by atoms with Crippen molar-refractivity contribution in [2.45, 2.75) is 39.2 Å². The molecule has 1 aromatic heterocycles. The standard InChI is InChI=1S/C24H32N2O3/c1-6-16-13-26-11-10-17-23-20(8-7-9-22(23)29-5)25(3)24(17)21(26)12-18(16)19(14-28-4)15(2)27/h7-9,14,16,18,21H,6,10-13H2,1-5H3/b19-14-/t16-,18+,21+/m1/s1. The lowest BCUT2D eigenvalue weighted by Crippen LogP contribution is -2.47. The summed E-state index contributed by atoms with van der Waals surface area (Å²) < 4.78 is 13.4. The number of ether oxygens (including phenoxy) is 2. The van der Waals surface area contributed by atoms with E-state index >= 15 is 0 Å². The molecule has 29 heavy (non-hydrogen) atoms. The SMILES string of the molecule is CC[C@@H]1CN2CCc3c(n(C)c4cccc(OC)c34)[C@@H]2C[C@@H]1/C(=C\OC)C(C)=O. The van der Waals surface area contributed by atoms with Gasteiger partial charge in [-0.2, -0.15) is 0 Å². The van der Waals surface area contributed by atoms with Crippen LogP contribution >= 0.6 is 0 Å². The number of Topliss-reactive ketones (excluding diaryl/α,β-unsaturated/α-hetero) is 1. The van der Waals surface area contributed by atoms with Crippen LogP contribution in [0.1, 0.15) is 44.0 Å². The number of piperidine rings is 1. The lowest BCUT2D eigenvalue weighted by molar-refractivity contribution is -0.114. The van der Waals surface area contributed by atoms with Crippen LogP contribution in [0.5, 0.6) is 5.75 Å². The van der Waals surface area contributed by atoms with E-state index in [1.807, 2.05) is 0 Å². The highest BCUT2D eigenvalue weighted by molar-refractivity contribution is 5.94. The highest BCUT2D eigenvalue weighted by Gasteiger charge is 2.42. The molecule has 0 N–H and O–H groups in total. The fourth-order valence-corrected chi connectivity index (χ4v) is 5.69. The summed E-state index contributed by atoms with van der Waals surface area (Å²) in [5.41, 5.74) is 4.86. The van der Waals surface area contributed by atoms with Crippen LogP contribution in [-0.2, 0) is 23.0 Å². The monoisotopic (exact) mass is 396 g/mol. The number of allylic oxidation sites excluding steroid dienone is 1. The van der Waals surface area contributed by atoms with Gasteiger partial charge in [0.1, 0.15) is 5.75 Å². The van der Waals surface area contributed by atoms with Gasteiger partial charge in [-0.25, -0.2) is 0 Å². The zero-order chi connectivity index (χ0) is 20.7. The van der Waals surface area contributed by atoms with Crippen molar-refractivity contribution in [1.29, 1.82) is 0 Å². The number of hydrogen-bond donors (Lipinski definition) is 0. The number of ketones is 1. The predicted octanol–water partition coefficient (Wildman–Crippen LogP) is 4.25. The zero-order valence-electron chi connectivity index (χ0n) is 18.2. The number of carbonyl (C=O) groups is 1. The molecule has 3 heterocycles. The summed E-state index contributed by atoms with van der Waals surface area (Å²) in [6.45, 7) is 5.98. The molecule has 0 aliphatic carbocycles. The van der Waals surface area contributed by atoms with Crippen LogP contribution in [-0.4, -0.2) is 42.6 Å². The maximum absolute atomic E-state index is 12.4. The Labute approximate surface area is 173 Å². The molecule has 0 radical (unpaired) electrons. The molecule has 0 spiro atoms. The number of benzene rings is 1. The van der Waals surface area contributed by atoms with E-state index in [2.05, 4.69) is 41.6 Å². The van der Waals surface area contributed by atoms with Crippen molar-refractivity contribution in [1.82, 2.24) is 9.47 Å². The molecule has 1 aromatic carbocycles. The van der Waals surface area contributed by atoms with Gasteiger partial charge in [0.2, 0.25) is 0 Å². The minimum Gasteiger partial charge on any atom is -0.504 e. The van der Waals surface area contributed by atoms with Crippen molar-refractivity contribution < 1.29 is 14.3 Å². The Morgan fingerprint density at radius 1 is 1.31 bits per heavy atom. The molecule has 5 heteroatoms. The Bertz CT molecular complexity index is 959. The Morgan fingerprint density at radius 3 is 2.76 bits per heavy atom. The fraction of sp³-hybridized carbons (Fsp3) is 0.542. The third-order valence-electron chi connectivity index (χ3n) is 7.05. The highest BCUT2D eigenvalue weighted by Crippen LogP contribution is 2.48. The third kappa shape index (κ3) is 3.16. The lowest BCUT2D eigenvalue weighted by atomic mass is 9.73. The smallest absolute Gasteiger partial charge is 0.159 e. The van der Waals surface area contributed by atoms with E-state index in [0.29, 0.717) is 12.0 Å². The van der Waals surface area contributed by atoms with Gasteiger partial charge in [-0.1, -0.05) is 19.4 Å². The summed E-state index contributed by atoms with van der Waals surface area (Å²) in [6.07, 6.45) is 4.74. The molecular formula is C24H32N2O3. The van der Waals surface area contributed by atoms with Gasteiger partial charge in [-0.05, 0) is 49.3 Å². The number of rotatable bonds is 5. The number of fused-ring (bicyclic) bond motifs is 5. The summed E-state index contributed by atoms with van der Waals surface area (Å²) in [5.74, 6) is 1.78. The average Bonchev–Trinajstić information content (AvgIpc) is 3.03. The molecule has 0 amide bonds. The zero-order valence-corrected chi connectivity index (χ0v) is 18.2. The Hall–Kier alpha value is -2.27. The average molecular weight is 397 g/mol. The van der Waals surface area contributed by atoms with Gasteiger partial charge >= 0.3 is 0 Å². The van der Waals surface area contributed by atoms with Crippen molar-refractivity contribution in [3.05, 3.63) is 41.3 Å². The van der Waals surface area contributed by atoms with Crippen molar-refractivity contribution in [2.75, 3.05) is 27.3 Å². The molecule has 0 saturated carbocycles. The van der Waals surface area contributed by atoms with Gasteiger partial charge in [0.25, 0.3) is 0 Å². The van der Waals surface area contributed by atoms with Crippen molar-refractivity contribution in [2.24, 2.45) is 18.9 Å². The molecule has 2 aliphatic rings. The quantitative estimate of drug-likeness (QED) is 0.560. The largest absolute Gasteiger partial charge is 0.504 e. The van der Waals surface area contributed by atoms with Crippen LogP contribution in [0, 0.1) is 11.8 Å². The second-order valence-corrected chi connectivity index (χ2v) is 8.41. The summed E-state index contributed by atoms with van der Waals surface area (Å²) in [4.78, 5) is 15.0. The summed E-state index contributed by atoms with van der Waals surface area (Å²) >= 11 is 0. The second kappa shape index (κ2) is 7.86. The lowest BCUT2D eigenvalue weighted by Gasteiger charge is -2.47.